The van der Waals surface area contributed by atoms with E-state index >= 15 is 0 Å². The van der Waals surface area contributed by atoms with Gasteiger partial charge in [0.15, 0.2) is 5.78 Å². The summed E-state index contributed by atoms with van der Waals surface area (Å²) in [6.45, 7) is 15.1. The summed E-state index contributed by atoms with van der Waals surface area (Å²) in [6, 6.07) is 0. The summed E-state index contributed by atoms with van der Waals surface area (Å²) in [4.78, 5) is 24.7. The third-order valence-corrected chi connectivity index (χ3v) is 3.34. The minimum atomic E-state index is -0.855. The fraction of sp³-hybridized carbons (Fsp3) is 0.857. The molecule has 0 spiro atoms. The van der Waals surface area contributed by atoms with E-state index in [-0.39, 0.29) is 23.4 Å². The van der Waals surface area contributed by atoms with Gasteiger partial charge in [-0.25, -0.2) is 0 Å². The molecule has 0 radical (unpaired) electrons. The Hall–Kier alpha value is -0.660. The van der Waals surface area contributed by atoms with Crippen LogP contribution < -0.4 is 0 Å². The maximum Gasteiger partial charge on any atom is 0.151 e. The number of ketones is 2. The highest BCUT2D eigenvalue weighted by atomic mass is 16.2. The van der Waals surface area contributed by atoms with Crippen LogP contribution in [-0.4, -0.2) is 11.6 Å². The highest BCUT2D eigenvalue weighted by Gasteiger charge is 2.48. The van der Waals surface area contributed by atoms with Crippen molar-refractivity contribution in [2.75, 3.05) is 0 Å². The molecule has 16 heavy (non-hydrogen) atoms. The van der Waals surface area contributed by atoms with Gasteiger partial charge in [-0.05, 0) is 12.8 Å². The molecule has 0 aliphatic heterocycles. The van der Waals surface area contributed by atoms with E-state index in [4.69, 9.17) is 0 Å². The fourth-order valence-corrected chi connectivity index (χ4v) is 2.04. The molecular formula is C14H26O2. The second-order valence-electron chi connectivity index (χ2n) is 6.46. The number of hydrogen-bond acceptors (Lipinski definition) is 2. The Morgan fingerprint density at radius 2 is 1.25 bits per heavy atom. The Labute approximate surface area is 99.8 Å². The van der Waals surface area contributed by atoms with Gasteiger partial charge in [0.1, 0.15) is 5.78 Å². The number of Topliss-reactive ketones (excluding diaryl/α,β-unsaturated/α-hetero) is 2. The molecule has 0 aliphatic carbocycles. The van der Waals surface area contributed by atoms with Crippen LogP contribution in [0, 0.1) is 22.7 Å². The van der Waals surface area contributed by atoms with Crippen molar-refractivity contribution >= 4 is 11.6 Å². The molecule has 1 atom stereocenters. The van der Waals surface area contributed by atoms with Crippen LogP contribution in [0.15, 0.2) is 0 Å². The van der Waals surface area contributed by atoms with Crippen LogP contribution in [0.2, 0.25) is 0 Å². The van der Waals surface area contributed by atoms with Crippen LogP contribution in [-0.2, 0) is 9.59 Å². The van der Waals surface area contributed by atoms with Gasteiger partial charge in [-0.15, -0.1) is 0 Å². The molecule has 2 heteroatoms. The summed E-state index contributed by atoms with van der Waals surface area (Å²) in [6.07, 6.45) is 0. The molecule has 2 nitrogen and oxygen atoms in total. The Bertz CT molecular complexity index is 282. The molecule has 0 N–H and O–H groups in total. The van der Waals surface area contributed by atoms with Gasteiger partial charge >= 0.3 is 0 Å². The van der Waals surface area contributed by atoms with Crippen LogP contribution in [0.4, 0.5) is 0 Å². The molecule has 0 amide bonds. The molecule has 0 aromatic rings. The van der Waals surface area contributed by atoms with Crippen molar-refractivity contribution in [3.8, 4) is 0 Å². The van der Waals surface area contributed by atoms with Gasteiger partial charge < -0.3 is 0 Å². The lowest BCUT2D eigenvalue weighted by Gasteiger charge is -2.37. The summed E-state index contributed by atoms with van der Waals surface area (Å²) in [5.74, 6) is 0.0453. The van der Waals surface area contributed by atoms with Gasteiger partial charge in [-0.1, -0.05) is 48.5 Å². The van der Waals surface area contributed by atoms with Crippen LogP contribution in [0.5, 0.6) is 0 Å². The molecule has 0 fully saturated rings. The first-order chi connectivity index (χ1) is 6.95. The number of carbonyl (C=O) groups is 2. The zero-order valence-corrected chi connectivity index (χ0v) is 12.0. The molecule has 1 unspecified atom stereocenters. The standard InChI is InChI=1S/C14H26O2/c1-9(2)11(15)14(8,10(3)4)12(16)13(5,6)7/h9-10H,1-8H3. The van der Waals surface area contributed by atoms with E-state index in [1.54, 1.807) is 6.92 Å². The van der Waals surface area contributed by atoms with Crippen LogP contribution in [0.3, 0.4) is 0 Å². The van der Waals surface area contributed by atoms with E-state index in [2.05, 4.69) is 0 Å². The van der Waals surface area contributed by atoms with Crippen molar-refractivity contribution in [3.05, 3.63) is 0 Å². The summed E-state index contributed by atoms with van der Waals surface area (Å²) in [5.41, 5.74) is -1.32. The fourth-order valence-electron chi connectivity index (χ4n) is 2.04. The van der Waals surface area contributed by atoms with E-state index in [9.17, 15) is 9.59 Å². The molecule has 0 aromatic carbocycles. The molecular weight excluding hydrogens is 200 g/mol. The Kier molecular flexibility index (Phi) is 4.49. The normalized spacial score (nSPS) is 16.4. The highest BCUT2D eigenvalue weighted by Crippen LogP contribution is 2.38. The van der Waals surface area contributed by atoms with Gasteiger partial charge in [-0.2, -0.15) is 0 Å². The largest absolute Gasteiger partial charge is 0.298 e. The van der Waals surface area contributed by atoms with Crippen LogP contribution in [0.1, 0.15) is 55.4 Å². The maximum atomic E-state index is 12.5. The average molecular weight is 226 g/mol. The minimum absolute atomic E-state index is 0.0362. The summed E-state index contributed by atoms with van der Waals surface area (Å²) in [5, 5.41) is 0. The first kappa shape index (κ1) is 15.3. The van der Waals surface area contributed by atoms with Crippen LogP contribution >= 0.6 is 0 Å². The maximum absolute atomic E-state index is 12.5. The average Bonchev–Trinajstić information content (AvgIpc) is 2.12. The molecule has 0 rings (SSSR count). The lowest BCUT2D eigenvalue weighted by atomic mass is 9.63. The second kappa shape index (κ2) is 4.68. The number of hydrogen-bond donors (Lipinski definition) is 0. The number of rotatable bonds is 4. The quantitative estimate of drug-likeness (QED) is 0.688. The minimum Gasteiger partial charge on any atom is -0.298 e. The first-order valence-corrected chi connectivity index (χ1v) is 6.04. The lowest BCUT2D eigenvalue weighted by Crippen LogP contribution is -2.48. The van der Waals surface area contributed by atoms with Crippen molar-refractivity contribution < 1.29 is 9.59 Å². The molecule has 0 aromatic heterocycles. The van der Waals surface area contributed by atoms with Gasteiger partial charge in [0.25, 0.3) is 0 Å². The summed E-state index contributed by atoms with van der Waals surface area (Å²) >= 11 is 0. The van der Waals surface area contributed by atoms with E-state index < -0.39 is 10.8 Å². The molecule has 94 valence electrons. The third kappa shape index (κ3) is 2.72. The summed E-state index contributed by atoms with van der Waals surface area (Å²) in [7, 11) is 0. The zero-order chi connectivity index (χ0) is 13.3. The highest BCUT2D eigenvalue weighted by molar-refractivity contribution is 6.09. The van der Waals surface area contributed by atoms with E-state index in [1.165, 1.54) is 0 Å². The topological polar surface area (TPSA) is 34.1 Å². The molecule has 0 bridgehead atoms. The Balaban J connectivity index is 5.46. The predicted octanol–water partition coefficient (Wildman–Crippen LogP) is 3.49. The monoisotopic (exact) mass is 226 g/mol. The lowest BCUT2D eigenvalue weighted by molar-refractivity contribution is -0.149. The van der Waals surface area contributed by atoms with Crippen molar-refractivity contribution in [2.24, 2.45) is 22.7 Å². The Morgan fingerprint density at radius 1 is 0.875 bits per heavy atom. The molecule has 0 aliphatic rings. The van der Waals surface area contributed by atoms with E-state index in [0.29, 0.717) is 0 Å². The molecule has 0 heterocycles. The SMILES string of the molecule is CC(C)C(=O)C(C)(C(=O)C(C)(C)C)C(C)C. The Morgan fingerprint density at radius 3 is 1.44 bits per heavy atom. The third-order valence-electron chi connectivity index (χ3n) is 3.34. The second-order valence-corrected chi connectivity index (χ2v) is 6.46. The van der Waals surface area contributed by atoms with Crippen molar-refractivity contribution in [1.82, 2.24) is 0 Å². The van der Waals surface area contributed by atoms with E-state index in [0.717, 1.165) is 0 Å². The van der Waals surface area contributed by atoms with Gasteiger partial charge in [0, 0.05) is 11.3 Å². The van der Waals surface area contributed by atoms with Crippen molar-refractivity contribution in [1.29, 1.82) is 0 Å². The predicted molar refractivity (Wildman–Crippen MR) is 67.3 cm³/mol. The molecule has 0 saturated heterocycles. The van der Waals surface area contributed by atoms with Crippen molar-refractivity contribution in [2.45, 2.75) is 55.4 Å². The van der Waals surface area contributed by atoms with Gasteiger partial charge in [-0.3, -0.25) is 9.59 Å². The first-order valence-electron chi connectivity index (χ1n) is 6.04. The number of carbonyl (C=O) groups excluding carboxylic acids is 2. The summed E-state index contributed by atoms with van der Waals surface area (Å²) < 4.78 is 0. The molecule has 0 saturated carbocycles. The smallest absolute Gasteiger partial charge is 0.151 e. The van der Waals surface area contributed by atoms with Crippen molar-refractivity contribution in [3.63, 3.8) is 0 Å². The zero-order valence-electron chi connectivity index (χ0n) is 12.0. The van der Waals surface area contributed by atoms with Crippen LogP contribution in [0.25, 0.3) is 0 Å². The van der Waals surface area contributed by atoms with E-state index in [1.807, 2.05) is 48.5 Å². The van der Waals surface area contributed by atoms with Gasteiger partial charge in [0.2, 0.25) is 0 Å². The van der Waals surface area contributed by atoms with Gasteiger partial charge in [0.05, 0.1) is 5.41 Å².